The first-order chi connectivity index (χ1) is 9.92. The highest BCUT2D eigenvalue weighted by Crippen LogP contribution is 2.42. The van der Waals surface area contributed by atoms with Crippen molar-refractivity contribution in [1.29, 1.82) is 0 Å². The molecule has 0 bridgehead atoms. The molecule has 0 atom stereocenters. The Morgan fingerprint density at radius 2 is 0.952 bits per heavy atom. The first-order valence-corrected chi connectivity index (χ1v) is 9.37. The van der Waals surface area contributed by atoms with Crippen molar-refractivity contribution >= 4 is 52.4 Å². The van der Waals surface area contributed by atoms with Gasteiger partial charge in [-0.1, -0.05) is 84.9 Å². The Kier molecular flexibility index (Phi) is 6.71. The van der Waals surface area contributed by atoms with Crippen molar-refractivity contribution < 1.29 is 0 Å². The lowest BCUT2D eigenvalue weighted by molar-refractivity contribution is 0.327. The molecule has 120 valence electrons. The molecule has 2 aliphatic rings. The Morgan fingerprint density at radius 1 is 0.619 bits per heavy atom. The van der Waals surface area contributed by atoms with Gasteiger partial charge in [0.15, 0.2) is 0 Å². The fraction of sp³-hybridized carbons (Fsp3) is 0.933. The summed E-state index contributed by atoms with van der Waals surface area (Å²) >= 11 is 25.3. The molecule has 2 aliphatic carbocycles. The molecule has 21 heavy (non-hydrogen) atoms. The summed E-state index contributed by atoms with van der Waals surface area (Å²) in [5.74, 6) is 0.319. The third kappa shape index (κ3) is 5.29. The zero-order valence-corrected chi connectivity index (χ0v) is 15.2. The SMILES string of the molecule is ClC(Cl)(N=C=NC(Cl)(Cl)C1CCCCC1)C1CCCCC1. The van der Waals surface area contributed by atoms with Gasteiger partial charge < -0.3 is 0 Å². The Bertz CT molecular complexity index is 356. The minimum Gasteiger partial charge on any atom is -0.185 e. The van der Waals surface area contributed by atoms with E-state index in [1.807, 2.05) is 0 Å². The van der Waals surface area contributed by atoms with E-state index in [9.17, 15) is 0 Å². The summed E-state index contributed by atoms with van der Waals surface area (Å²) < 4.78 is -2.33. The minimum atomic E-state index is -1.17. The molecule has 0 aromatic carbocycles. The van der Waals surface area contributed by atoms with Crippen molar-refractivity contribution in [3.63, 3.8) is 0 Å². The molecule has 0 aromatic rings. The highest BCUT2D eigenvalue weighted by atomic mass is 35.5. The van der Waals surface area contributed by atoms with Crippen LogP contribution in [0.1, 0.15) is 64.2 Å². The topological polar surface area (TPSA) is 24.7 Å². The van der Waals surface area contributed by atoms with Gasteiger partial charge in [-0.15, -0.1) is 0 Å². The van der Waals surface area contributed by atoms with Gasteiger partial charge in [0.25, 0.3) is 0 Å². The van der Waals surface area contributed by atoms with E-state index in [4.69, 9.17) is 46.4 Å². The average Bonchev–Trinajstić information content (AvgIpc) is 2.49. The van der Waals surface area contributed by atoms with Crippen molar-refractivity contribution in [2.75, 3.05) is 0 Å². The van der Waals surface area contributed by atoms with E-state index < -0.39 is 8.91 Å². The lowest BCUT2D eigenvalue weighted by Crippen LogP contribution is -2.27. The molecule has 0 N–H and O–H groups in total. The zero-order chi connectivity index (χ0) is 15.3. The predicted octanol–water partition coefficient (Wildman–Crippen LogP) is 6.58. The van der Waals surface area contributed by atoms with Crippen LogP contribution in [-0.2, 0) is 0 Å². The maximum absolute atomic E-state index is 6.32. The monoisotopic (exact) mass is 370 g/mol. The van der Waals surface area contributed by atoms with Crippen LogP contribution >= 0.6 is 46.4 Å². The lowest BCUT2D eigenvalue weighted by Gasteiger charge is -2.29. The number of nitrogens with zero attached hydrogens (tertiary/aromatic N) is 2. The Hall–Kier alpha value is 0.540. The van der Waals surface area contributed by atoms with Gasteiger partial charge in [0, 0.05) is 11.8 Å². The van der Waals surface area contributed by atoms with Crippen LogP contribution in [0.5, 0.6) is 0 Å². The summed E-state index contributed by atoms with van der Waals surface area (Å²) in [5.41, 5.74) is 0. The van der Waals surface area contributed by atoms with Crippen LogP contribution in [0.2, 0.25) is 0 Å². The standard InChI is InChI=1S/C15H22Cl4N2/c16-14(17,12-7-3-1-4-8-12)20-11-21-15(18,19)13-9-5-2-6-10-13/h12-13H,1-10H2. The van der Waals surface area contributed by atoms with E-state index in [0.717, 1.165) is 51.4 Å². The van der Waals surface area contributed by atoms with E-state index in [0.29, 0.717) is 0 Å². The molecular weight excluding hydrogens is 350 g/mol. The minimum absolute atomic E-state index is 0.159. The van der Waals surface area contributed by atoms with Crippen molar-refractivity contribution in [3.8, 4) is 0 Å². The van der Waals surface area contributed by atoms with E-state index >= 15 is 0 Å². The molecule has 0 aromatic heterocycles. The molecule has 2 fully saturated rings. The van der Waals surface area contributed by atoms with Gasteiger partial charge in [0.1, 0.15) is 0 Å². The van der Waals surface area contributed by atoms with Gasteiger partial charge in [-0.25, -0.2) is 0 Å². The molecule has 2 rings (SSSR count). The molecule has 0 saturated heterocycles. The van der Waals surface area contributed by atoms with Crippen molar-refractivity contribution in [2.45, 2.75) is 73.1 Å². The summed E-state index contributed by atoms with van der Waals surface area (Å²) in [5, 5.41) is 0. The summed E-state index contributed by atoms with van der Waals surface area (Å²) in [6.07, 6.45) is 11.1. The molecule has 0 heterocycles. The normalized spacial score (nSPS) is 22.7. The number of aliphatic imine (C=N–C) groups is 2. The first kappa shape index (κ1) is 17.9. The highest BCUT2D eigenvalue weighted by molar-refractivity contribution is 6.49. The summed E-state index contributed by atoms with van der Waals surface area (Å²) in [7, 11) is 0. The van der Waals surface area contributed by atoms with Gasteiger partial charge in [-0.3, -0.25) is 0 Å². The quantitative estimate of drug-likeness (QED) is 0.302. The predicted molar refractivity (Wildman–Crippen MR) is 91.9 cm³/mol. The molecule has 0 aliphatic heterocycles. The van der Waals surface area contributed by atoms with Crippen molar-refractivity contribution in [2.24, 2.45) is 21.8 Å². The molecule has 0 amide bonds. The van der Waals surface area contributed by atoms with Gasteiger partial charge in [-0.05, 0) is 25.7 Å². The van der Waals surface area contributed by atoms with Crippen LogP contribution in [0.3, 0.4) is 0 Å². The van der Waals surface area contributed by atoms with Gasteiger partial charge in [0.2, 0.25) is 8.91 Å². The number of hydrogen-bond acceptors (Lipinski definition) is 2. The second kappa shape index (κ2) is 7.88. The zero-order valence-electron chi connectivity index (χ0n) is 12.1. The summed E-state index contributed by atoms with van der Waals surface area (Å²) in [4.78, 5) is 8.21. The number of rotatable bonds is 4. The number of hydrogen-bond donors (Lipinski definition) is 0. The fourth-order valence-electron chi connectivity index (χ4n) is 3.24. The Morgan fingerprint density at radius 3 is 1.29 bits per heavy atom. The molecule has 0 radical (unpaired) electrons. The lowest BCUT2D eigenvalue weighted by atomic mass is 9.89. The van der Waals surface area contributed by atoms with Gasteiger partial charge >= 0.3 is 0 Å². The Balaban J connectivity index is 1.99. The van der Waals surface area contributed by atoms with Crippen LogP contribution in [-0.4, -0.2) is 14.9 Å². The summed E-state index contributed by atoms with van der Waals surface area (Å²) in [6, 6.07) is 2.58. The average molecular weight is 372 g/mol. The molecular formula is C15H22Cl4N2. The van der Waals surface area contributed by atoms with E-state index in [-0.39, 0.29) is 11.8 Å². The van der Waals surface area contributed by atoms with Gasteiger partial charge in [0.05, 0.1) is 6.01 Å². The molecule has 0 unspecified atom stereocenters. The molecule has 6 heteroatoms. The van der Waals surface area contributed by atoms with E-state index in [1.165, 1.54) is 12.8 Å². The van der Waals surface area contributed by atoms with Crippen LogP contribution < -0.4 is 0 Å². The van der Waals surface area contributed by atoms with E-state index in [2.05, 4.69) is 16.0 Å². The number of halogens is 4. The largest absolute Gasteiger partial charge is 0.220 e. The third-order valence-corrected chi connectivity index (χ3v) is 6.16. The number of alkyl halides is 4. The molecule has 2 saturated carbocycles. The second-order valence-corrected chi connectivity index (χ2v) is 8.86. The smallest absolute Gasteiger partial charge is 0.185 e. The maximum Gasteiger partial charge on any atom is 0.220 e. The maximum atomic E-state index is 6.32. The van der Waals surface area contributed by atoms with Crippen LogP contribution in [0, 0.1) is 11.8 Å². The molecule has 2 nitrogen and oxygen atoms in total. The molecule has 0 spiro atoms. The van der Waals surface area contributed by atoms with Crippen LogP contribution in [0.4, 0.5) is 0 Å². The third-order valence-electron chi connectivity index (χ3n) is 4.59. The van der Waals surface area contributed by atoms with Crippen LogP contribution in [0.25, 0.3) is 0 Å². The van der Waals surface area contributed by atoms with E-state index in [1.54, 1.807) is 0 Å². The van der Waals surface area contributed by atoms with Crippen molar-refractivity contribution in [3.05, 3.63) is 0 Å². The highest BCUT2D eigenvalue weighted by Gasteiger charge is 2.37. The van der Waals surface area contributed by atoms with Gasteiger partial charge in [-0.2, -0.15) is 9.98 Å². The second-order valence-electron chi connectivity index (χ2n) is 6.17. The fourth-order valence-corrected chi connectivity index (χ4v) is 4.26. The summed E-state index contributed by atoms with van der Waals surface area (Å²) in [6.45, 7) is 0. The van der Waals surface area contributed by atoms with Crippen LogP contribution in [0.15, 0.2) is 9.98 Å². The Labute approximate surface area is 147 Å². The van der Waals surface area contributed by atoms with Crippen molar-refractivity contribution in [1.82, 2.24) is 0 Å². The first-order valence-electron chi connectivity index (χ1n) is 7.86.